The summed E-state index contributed by atoms with van der Waals surface area (Å²) >= 11 is 4.30. The summed E-state index contributed by atoms with van der Waals surface area (Å²) in [5.41, 5.74) is 3.84. The maximum Gasteiger partial charge on any atom is 0.275 e. The smallest absolute Gasteiger partial charge is 0.275 e. The molecular formula is C29H26I2N4O3. The Morgan fingerprint density at radius 3 is 1.55 bits per heavy atom. The number of hydrogen-bond donors (Lipinski definition) is 1. The molecule has 0 radical (unpaired) electrons. The van der Waals surface area contributed by atoms with E-state index < -0.39 is 5.92 Å². The number of rotatable bonds is 5. The van der Waals surface area contributed by atoms with Crippen LogP contribution in [0.5, 0.6) is 5.75 Å². The maximum absolute atomic E-state index is 14.2. The second-order valence-electron chi connectivity index (χ2n) is 9.21. The molecular weight excluding hydrogens is 706 g/mol. The fraction of sp³-hybridized carbons (Fsp3) is 0.172. The monoisotopic (exact) mass is 732 g/mol. The predicted octanol–water partition coefficient (Wildman–Crippen LogP) is 5.38. The van der Waals surface area contributed by atoms with Gasteiger partial charge in [-0.2, -0.15) is 0 Å². The third-order valence-corrected chi connectivity index (χ3v) is 8.59. The lowest BCUT2D eigenvalue weighted by Gasteiger charge is -2.19. The van der Waals surface area contributed by atoms with E-state index in [9.17, 15) is 14.7 Å². The molecule has 0 fully saturated rings. The molecule has 9 heteroatoms. The topological polar surface area (TPSA) is 74.1 Å². The summed E-state index contributed by atoms with van der Waals surface area (Å²) in [5, 5.41) is 11.3. The minimum atomic E-state index is -0.787. The van der Waals surface area contributed by atoms with Crippen LogP contribution in [0.15, 0.2) is 82.4 Å². The van der Waals surface area contributed by atoms with Crippen molar-refractivity contribution in [1.82, 2.24) is 18.7 Å². The SMILES string of the molecule is Cc1c(C(c2cc(I)cc(I)c2O)c2c(C)n(C)n(-c3ccccc3)c2=O)c(=O)n(-c2ccccc2)n1C. The van der Waals surface area contributed by atoms with Gasteiger partial charge in [0, 0.05) is 34.6 Å². The van der Waals surface area contributed by atoms with Crippen molar-refractivity contribution in [3.63, 3.8) is 0 Å². The van der Waals surface area contributed by atoms with E-state index in [4.69, 9.17) is 0 Å². The number of aromatic hydroxyl groups is 1. The Morgan fingerprint density at radius 2 is 1.13 bits per heavy atom. The van der Waals surface area contributed by atoms with Crippen LogP contribution in [0.1, 0.15) is 34.0 Å². The second kappa shape index (κ2) is 10.3. The molecule has 38 heavy (non-hydrogen) atoms. The molecule has 0 aliphatic carbocycles. The van der Waals surface area contributed by atoms with Gasteiger partial charge in [-0.3, -0.25) is 19.0 Å². The second-order valence-corrected chi connectivity index (χ2v) is 11.6. The normalized spacial score (nSPS) is 11.4. The number of phenols is 1. The number of benzene rings is 3. The molecule has 0 aliphatic heterocycles. The first-order valence-corrected chi connectivity index (χ1v) is 14.1. The van der Waals surface area contributed by atoms with Gasteiger partial charge >= 0.3 is 0 Å². The molecule has 0 bridgehead atoms. The number of hydrogen-bond acceptors (Lipinski definition) is 3. The van der Waals surface area contributed by atoms with Crippen LogP contribution in [0.4, 0.5) is 0 Å². The van der Waals surface area contributed by atoms with Crippen molar-refractivity contribution in [2.24, 2.45) is 14.1 Å². The van der Waals surface area contributed by atoms with Crippen molar-refractivity contribution in [3.05, 3.63) is 129 Å². The summed E-state index contributed by atoms with van der Waals surface area (Å²) in [5.74, 6) is -0.718. The van der Waals surface area contributed by atoms with Crippen molar-refractivity contribution in [3.8, 4) is 17.1 Å². The first kappa shape index (κ1) is 26.5. The fourth-order valence-electron chi connectivity index (χ4n) is 5.10. The summed E-state index contributed by atoms with van der Waals surface area (Å²) in [6, 6.07) is 22.6. The molecule has 5 rings (SSSR count). The van der Waals surface area contributed by atoms with Crippen molar-refractivity contribution in [2.45, 2.75) is 19.8 Å². The van der Waals surface area contributed by atoms with Crippen molar-refractivity contribution < 1.29 is 5.11 Å². The van der Waals surface area contributed by atoms with Crippen LogP contribution >= 0.6 is 45.2 Å². The van der Waals surface area contributed by atoms with Crippen LogP contribution in [0.2, 0.25) is 0 Å². The molecule has 5 aromatic rings. The predicted molar refractivity (Wildman–Crippen MR) is 166 cm³/mol. The zero-order chi connectivity index (χ0) is 27.3. The molecule has 0 amide bonds. The fourth-order valence-corrected chi connectivity index (χ4v) is 6.99. The lowest BCUT2D eigenvalue weighted by Crippen LogP contribution is -2.26. The van der Waals surface area contributed by atoms with Gasteiger partial charge in [-0.15, -0.1) is 0 Å². The van der Waals surface area contributed by atoms with Gasteiger partial charge in [0.1, 0.15) is 5.75 Å². The quantitative estimate of drug-likeness (QED) is 0.247. The highest BCUT2D eigenvalue weighted by Crippen LogP contribution is 2.40. The third kappa shape index (κ3) is 4.25. The van der Waals surface area contributed by atoms with Gasteiger partial charge in [-0.05, 0) is 95.4 Å². The highest BCUT2D eigenvalue weighted by Gasteiger charge is 2.34. The lowest BCUT2D eigenvalue weighted by molar-refractivity contribution is 0.463. The zero-order valence-corrected chi connectivity index (χ0v) is 25.6. The van der Waals surface area contributed by atoms with Crippen LogP contribution in [0.3, 0.4) is 0 Å². The van der Waals surface area contributed by atoms with Crippen LogP contribution < -0.4 is 11.1 Å². The molecule has 3 aromatic carbocycles. The van der Waals surface area contributed by atoms with Crippen molar-refractivity contribution in [1.29, 1.82) is 0 Å². The minimum absolute atomic E-state index is 0.0684. The summed E-state index contributed by atoms with van der Waals surface area (Å²) in [7, 11) is 3.67. The number of para-hydroxylation sites is 2. The minimum Gasteiger partial charge on any atom is -0.507 e. The molecule has 0 atom stereocenters. The van der Waals surface area contributed by atoms with Crippen LogP contribution in [-0.2, 0) is 14.1 Å². The first-order valence-electron chi connectivity index (χ1n) is 12.0. The van der Waals surface area contributed by atoms with Gasteiger partial charge < -0.3 is 5.11 Å². The molecule has 0 spiro atoms. The van der Waals surface area contributed by atoms with E-state index in [1.807, 2.05) is 110 Å². The molecule has 2 heterocycles. The Balaban J connectivity index is 1.90. The van der Waals surface area contributed by atoms with Gasteiger partial charge in [0.25, 0.3) is 11.1 Å². The number of phenolic OH excluding ortho intramolecular Hbond substituents is 1. The Bertz CT molecular complexity index is 1680. The van der Waals surface area contributed by atoms with E-state index in [1.54, 1.807) is 9.36 Å². The average molecular weight is 732 g/mol. The molecule has 2 aromatic heterocycles. The molecule has 7 nitrogen and oxygen atoms in total. The van der Waals surface area contributed by atoms with Crippen LogP contribution in [0.25, 0.3) is 11.4 Å². The molecule has 0 unspecified atom stereocenters. The van der Waals surface area contributed by atoms with E-state index in [-0.39, 0.29) is 16.9 Å². The van der Waals surface area contributed by atoms with E-state index in [0.29, 0.717) is 31.6 Å². The Morgan fingerprint density at radius 1 is 0.711 bits per heavy atom. The summed E-state index contributed by atoms with van der Waals surface area (Å²) in [6.07, 6.45) is 0. The van der Waals surface area contributed by atoms with E-state index in [2.05, 4.69) is 45.2 Å². The molecule has 0 aliphatic rings. The Labute approximate surface area is 247 Å². The van der Waals surface area contributed by atoms with E-state index >= 15 is 0 Å². The average Bonchev–Trinajstić information content (AvgIpc) is 3.26. The number of halogens is 2. The van der Waals surface area contributed by atoms with Crippen molar-refractivity contribution in [2.75, 3.05) is 0 Å². The standard InChI is InChI=1S/C29H26I2N4O3/c1-17-24(28(37)34(32(17)3)20-11-7-5-8-12-20)26(22-15-19(30)16-23(31)27(22)36)25-18(2)33(4)35(29(25)38)21-13-9-6-10-14-21/h5-16,26,36H,1-4H3. The Hall–Kier alpha value is -3.06. The largest absolute Gasteiger partial charge is 0.507 e. The zero-order valence-electron chi connectivity index (χ0n) is 21.3. The summed E-state index contributed by atoms with van der Waals surface area (Å²) < 4.78 is 8.40. The third-order valence-electron chi connectivity index (χ3n) is 7.14. The van der Waals surface area contributed by atoms with Crippen LogP contribution in [-0.4, -0.2) is 23.8 Å². The van der Waals surface area contributed by atoms with Gasteiger partial charge in [0.15, 0.2) is 0 Å². The molecule has 1 N–H and O–H groups in total. The lowest BCUT2D eigenvalue weighted by atomic mass is 9.84. The highest BCUT2D eigenvalue weighted by molar-refractivity contribution is 14.1. The van der Waals surface area contributed by atoms with Gasteiger partial charge in [-0.25, -0.2) is 9.36 Å². The van der Waals surface area contributed by atoms with E-state index in [1.165, 1.54) is 0 Å². The summed E-state index contributed by atoms with van der Waals surface area (Å²) in [4.78, 5) is 28.4. The number of aromatic nitrogens is 4. The highest BCUT2D eigenvalue weighted by atomic mass is 127. The molecule has 0 saturated carbocycles. The van der Waals surface area contributed by atoms with E-state index in [0.717, 1.165) is 14.9 Å². The summed E-state index contributed by atoms with van der Waals surface area (Å²) in [6.45, 7) is 3.76. The van der Waals surface area contributed by atoms with Gasteiger partial charge in [-0.1, -0.05) is 36.4 Å². The first-order chi connectivity index (χ1) is 18.1. The van der Waals surface area contributed by atoms with Gasteiger partial charge in [0.05, 0.1) is 32.0 Å². The molecule has 0 saturated heterocycles. The Kier molecular flexibility index (Phi) is 7.16. The maximum atomic E-state index is 14.2. The van der Waals surface area contributed by atoms with Crippen LogP contribution in [0, 0.1) is 21.0 Å². The van der Waals surface area contributed by atoms with Gasteiger partial charge in [0.2, 0.25) is 0 Å². The molecule has 194 valence electrons. The van der Waals surface area contributed by atoms with Crippen molar-refractivity contribution >= 4 is 45.2 Å². The number of nitrogens with zero attached hydrogens (tertiary/aromatic N) is 4.